The topological polar surface area (TPSA) is 163 Å². The number of hydrogen-bond acceptors (Lipinski definition) is 8. The highest BCUT2D eigenvalue weighted by Crippen LogP contribution is 2.23. The normalized spacial score (nSPS) is 17.9. The Balaban J connectivity index is 1.46. The fourth-order valence-electron chi connectivity index (χ4n) is 6.11. The number of carbonyl (C=O) groups excluding carboxylic acids is 6. The summed E-state index contributed by atoms with van der Waals surface area (Å²) < 4.78 is 11.3. The van der Waals surface area contributed by atoms with Gasteiger partial charge in [-0.2, -0.15) is 0 Å². The Kier molecular flexibility index (Phi) is 13.6. The Morgan fingerprint density at radius 2 is 1.47 bits per heavy atom. The molecule has 3 N–H and O–H groups in total. The molecule has 0 aromatic heterocycles. The maximum atomic E-state index is 13.8. The maximum Gasteiger partial charge on any atom is 0.410 e. The van der Waals surface area contributed by atoms with Gasteiger partial charge in [0.05, 0.1) is 6.04 Å². The van der Waals surface area contributed by atoms with Gasteiger partial charge in [0.15, 0.2) is 0 Å². The van der Waals surface area contributed by atoms with Gasteiger partial charge in [0.1, 0.15) is 17.7 Å². The van der Waals surface area contributed by atoms with Gasteiger partial charge in [-0.05, 0) is 57.1 Å². The minimum absolute atomic E-state index is 0.0343. The van der Waals surface area contributed by atoms with Crippen LogP contribution in [0.25, 0.3) is 0 Å². The number of alkyl carbamates (subject to hydrolysis) is 1. The van der Waals surface area contributed by atoms with E-state index in [0.717, 1.165) is 11.1 Å². The fourth-order valence-corrected chi connectivity index (χ4v) is 6.11. The van der Waals surface area contributed by atoms with Crippen molar-refractivity contribution in [2.45, 2.75) is 84.1 Å². The molecule has 0 spiro atoms. The summed E-state index contributed by atoms with van der Waals surface area (Å²) in [5.41, 5.74) is 1.07. The number of rotatable bonds is 13. The second-order valence-electron chi connectivity index (χ2n) is 14.5. The van der Waals surface area contributed by atoms with Gasteiger partial charge in [-0.15, -0.1) is 0 Å². The number of hydrogen-bond donors (Lipinski definition) is 3. The average molecular weight is 706 g/mol. The molecule has 51 heavy (non-hydrogen) atoms. The molecule has 2 aliphatic rings. The van der Waals surface area contributed by atoms with Crippen LogP contribution in [-0.4, -0.2) is 95.9 Å². The van der Waals surface area contributed by atoms with Crippen LogP contribution in [0.5, 0.6) is 0 Å². The maximum absolute atomic E-state index is 13.8. The number of nitrogens with zero attached hydrogens (tertiary/aromatic N) is 2. The van der Waals surface area contributed by atoms with Crippen LogP contribution in [0.3, 0.4) is 0 Å². The van der Waals surface area contributed by atoms with Crippen molar-refractivity contribution in [3.63, 3.8) is 0 Å². The number of piperazine rings is 1. The van der Waals surface area contributed by atoms with Gasteiger partial charge in [-0.3, -0.25) is 19.2 Å². The molecule has 0 radical (unpaired) electrons. The summed E-state index contributed by atoms with van der Waals surface area (Å²) in [6.45, 7) is 10.0. The van der Waals surface area contributed by atoms with Gasteiger partial charge in [0, 0.05) is 45.1 Å². The van der Waals surface area contributed by atoms with E-state index in [1.165, 1.54) is 9.80 Å². The van der Waals surface area contributed by atoms with Gasteiger partial charge < -0.3 is 35.2 Å². The molecule has 2 aromatic carbocycles. The number of amides is 5. The zero-order valence-corrected chi connectivity index (χ0v) is 30.2. The van der Waals surface area contributed by atoms with Crippen molar-refractivity contribution in [2.75, 3.05) is 32.7 Å². The van der Waals surface area contributed by atoms with Crippen LogP contribution in [0.2, 0.25) is 0 Å². The first-order valence-electron chi connectivity index (χ1n) is 17.6. The lowest BCUT2D eigenvalue weighted by Crippen LogP contribution is -2.57. The minimum Gasteiger partial charge on any atom is -0.444 e. The summed E-state index contributed by atoms with van der Waals surface area (Å²) in [6.07, 6.45) is -0.947. The second-order valence-corrected chi connectivity index (χ2v) is 14.5. The molecular formula is C38H51N5O8. The van der Waals surface area contributed by atoms with Crippen LogP contribution in [0.1, 0.15) is 71.1 Å². The summed E-state index contributed by atoms with van der Waals surface area (Å²) in [5, 5.41) is 8.13. The Labute approximate surface area is 299 Å². The smallest absolute Gasteiger partial charge is 0.410 e. The summed E-state index contributed by atoms with van der Waals surface area (Å²) >= 11 is 0. The lowest BCUT2D eigenvalue weighted by Gasteiger charge is -2.35. The van der Waals surface area contributed by atoms with Crippen molar-refractivity contribution in [2.24, 2.45) is 11.8 Å². The van der Waals surface area contributed by atoms with Crippen LogP contribution in [0.15, 0.2) is 60.7 Å². The van der Waals surface area contributed by atoms with Crippen molar-refractivity contribution in [3.8, 4) is 0 Å². The van der Waals surface area contributed by atoms with E-state index in [-0.39, 0.29) is 50.8 Å². The van der Waals surface area contributed by atoms with E-state index in [4.69, 9.17) is 9.47 Å². The molecule has 4 rings (SSSR count). The highest BCUT2D eigenvalue weighted by molar-refractivity contribution is 6.38. The van der Waals surface area contributed by atoms with Gasteiger partial charge in [-0.25, -0.2) is 9.59 Å². The first kappa shape index (κ1) is 38.9. The molecule has 2 saturated heterocycles. The Bertz CT molecular complexity index is 1520. The molecule has 2 heterocycles. The summed E-state index contributed by atoms with van der Waals surface area (Å²) in [4.78, 5) is 82.4. The fraction of sp³-hybridized carbons (Fsp3) is 0.526. The average Bonchev–Trinajstić information content (AvgIpc) is 3.50. The van der Waals surface area contributed by atoms with Crippen molar-refractivity contribution in [1.29, 1.82) is 0 Å². The van der Waals surface area contributed by atoms with E-state index in [9.17, 15) is 28.8 Å². The van der Waals surface area contributed by atoms with Crippen LogP contribution >= 0.6 is 0 Å². The molecule has 4 atom stereocenters. The first-order chi connectivity index (χ1) is 24.2. The predicted octanol–water partition coefficient (Wildman–Crippen LogP) is 3.77. The van der Waals surface area contributed by atoms with Crippen molar-refractivity contribution < 1.29 is 38.2 Å². The van der Waals surface area contributed by atoms with Crippen LogP contribution < -0.4 is 16.0 Å². The minimum atomic E-state index is -1.31. The molecular weight excluding hydrogens is 654 g/mol. The number of ketones is 1. The summed E-state index contributed by atoms with van der Waals surface area (Å²) in [7, 11) is 0. The van der Waals surface area contributed by atoms with Crippen LogP contribution in [0, 0.1) is 11.8 Å². The third kappa shape index (κ3) is 11.8. The van der Waals surface area contributed by atoms with Crippen LogP contribution in [0.4, 0.5) is 9.59 Å². The molecule has 2 aliphatic heterocycles. The molecule has 276 valence electrons. The highest BCUT2D eigenvalue weighted by atomic mass is 16.6. The molecule has 1 unspecified atom stereocenters. The number of carbonyl (C=O) groups is 6. The zero-order valence-electron chi connectivity index (χ0n) is 30.2. The second kappa shape index (κ2) is 17.8. The number of benzene rings is 2. The van der Waals surface area contributed by atoms with Crippen molar-refractivity contribution in [1.82, 2.24) is 25.8 Å². The molecule has 0 aliphatic carbocycles. The molecule has 0 saturated carbocycles. The summed E-state index contributed by atoms with van der Waals surface area (Å²) in [5.74, 6) is -3.23. The first-order valence-corrected chi connectivity index (χ1v) is 17.6. The third-order valence-corrected chi connectivity index (χ3v) is 8.75. The number of ether oxygens (including phenoxy) is 2. The Morgan fingerprint density at radius 3 is 2.04 bits per heavy atom. The quantitative estimate of drug-likeness (QED) is 0.265. The number of Topliss-reactive ketones (excluding diaryl/α,β-unsaturated/α-hetero) is 1. The monoisotopic (exact) mass is 705 g/mol. The number of nitrogens with one attached hydrogen (secondary N) is 3. The van der Waals surface area contributed by atoms with Gasteiger partial charge >= 0.3 is 12.2 Å². The lowest BCUT2D eigenvalue weighted by molar-refractivity contribution is -0.147. The van der Waals surface area contributed by atoms with E-state index < -0.39 is 59.5 Å². The van der Waals surface area contributed by atoms with Gasteiger partial charge in [0.25, 0.3) is 5.91 Å². The van der Waals surface area contributed by atoms with Crippen molar-refractivity contribution in [3.05, 3.63) is 71.8 Å². The van der Waals surface area contributed by atoms with Crippen molar-refractivity contribution >= 4 is 35.7 Å². The van der Waals surface area contributed by atoms with E-state index >= 15 is 0 Å². The van der Waals surface area contributed by atoms with E-state index in [0.29, 0.717) is 19.4 Å². The SMILES string of the molecule is CC(C)C[C@H](NC(=O)OC(Cc1ccccc1)c1ccccc1)C(=O)N[C@@H](C[C@@H]1CCNC1=O)C(=O)C(=O)N1CCN(C(=O)OC(C)(C)C)CC1. The van der Waals surface area contributed by atoms with E-state index in [1.54, 1.807) is 20.8 Å². The Hall–Kier alpha value is -4.94. The summed E-state index contributed by atoms with van der Waals surface area (Å²) in [6, 6.07) is 16.5. The highest BCUT2D eigenvalue weighted by Gasteiger charge is 2.38. The molecule has 0 bridgehead atoms. The third-order valence-electron chi connectivity index (χ3n) is 8.75. The van der Waals surface area contributed by atoms with E-state index in [1.807, 2.05) is 74.5 Å². The zero-order chi connectivity index (χ0) is 37.1. The Morgan fingerprint density at radius 1 is 0.863 bits per heavy atom. The molecule has 2 aromatic rings. The molecule has 13 nitrogen and oxygen atoms in total. The standard InChI is InChI=1S/C38H51N5O8/c1-25(2)22-30(41-36(48)50-31(27-14-10-7-11-15-27)23-26-12-8-6-9-13-26)34(46)40-29(24-28-16-17-39-33(28)45)32(44)35(47)42-18-20-43(21-19-42)37(49)51-38(3,4)5/h6-15,25,28-31H,16-24H2,1-5H3,(H,39,45)(H,40,46)(H,41,48)/t28-,29-,30-,31?/m0/s1. The lowest BCUT2D eigenvalue weighted by atomic mass is 9.94. The molecule has 5 amide bonds. The molecule has 13 heteroatoms. The molecule has 2 fully saturated rings. The van der Waals surface area contributed by atoms with Gasteiger partial charge in [-0.1, -0.05) is 74.5 Å². The predicted molar refractivity (Wildman–Crippen MR) is 189 cm³/mol. The largest absolute Gasteiger partial charge is 0.444 e. The van der Waals surface area contributed by atoms with Crippen LogP contribution in [-0.2, 0) is 35.1 Å². The van der Waals surface area contributed by atoms with E-state index in [2.05, 4.69) is 16.0 Å². The van der Waals surface area contributed by atoms with Gasteiger partial charge in [0.2, 0.25) is 17.6 Å².